The highest BCUT2D eigenvalue weighted by atomic mass is 16.9. The Morgan fingerprint density at radius 1 is 0.778 bits per heavy atom. The van der Waals surface area contributed by atoms with Gasteiger partial charge in [-0.05, 0) is 0 Å². The van der Waals surface area contributed by atoms with Crippen LogP contribution in [-0.2, 0) is 22.9 Å². The minimum atomic E-state index is -0.600. The van der Waals surface area contributed by atoms with Crippen molar-refractivity contribution in [1.82, 2.24) is 0 Å². The standard InChI is InChI=1S/B4H2O5/c1-5-3-7-2-8-4(6-1)9-3/h1-2H. The van der Waals surface area contributed by atoms with Crippen LogP contribution >= 0.6 is 0 Å². The van der Waals surface area contributed by atoms with Gasteiger partial charge in [0.25, 0.3) is 0 Å². The van der Waals surface area contributed by atoms with Crippen molar-refractivity contribution < 1.29 is 22.9 Å². The van der Waals surface area contributed by atoms with Gasteiger partial charge in [-0.1, -0.05) is 0 Å². The van der Waals surface area contributed by atoms with Crippen molar-refractivity contribution in [2.24, 2.45) is 0 Å². The zero-order chi connectivity index (χ0) is 6.10. The zero-order valence-electron chi connectivity index (χ0n) is 4.61. The lowest BCUT2D eigenvalue weighted by molar-refractivity contribution is 0.153. The molecule has 0 saturated carbocycles. The minimum absolute atomic E-state index is 0.162. The van der Waals surface area contributed by atoms with Gasteiger partial charge < -0.3 is 22.9 Å². The molecule has 2 rings (SSSR count). The molecule has 44 valence electrons. The van der Waals surface area contributed by atoms with Crippen molar-refractivity contribution in [3.63, 3.8) is 0 Å². The molecule has 2 fully saturated rings. The third kappa shape index (κ3) is 1.15. The van der Waals surface area contributed by atoms with E-state index in [0.717, 1.165) is 0 Å². The molecule has 0 unspecified atom stereocenters. The Labute approximate surface area is 53.9 Å². The van der Waals surface area contributed by atoms with Gasteiger partial charge in [0.1, 0.15) is 0 Å². The van der Waals surface area contributed by atoms with E-state index in [2.05, 4.69) is 0 Å². The van der Waals surface area contributed by atoms with E-state index < -0.39 is 14.6 Å². The van der Waals surface area contributed by atoms with Crippen molar-refractivity contribution in [2.75, 3.05) is 0 Å². The Kier molecular flexibility index (Phi) is 1.52. The quantitative estimate of drug-likeness (QED) is 0.338. The lowest BCUT2D eigenvalue weighted by atomic mass is 9.95. The van der Waals surface area contributed by atoms with Gasteiger partial charge in [0.15, 0.2) is 0 Å². The number of hydrogen-bond donors (Lipinski definition) is 0. The average Bonchev–Trinajstić information content (AvgIpc) is 1.88. The molecule has 5 nitrogen and oxygen atoms in total. The van der Waals surface area contributed by atoms with Gasteiger partial charge in [-0.15, -0.1) is 0 Å². The van der Waals surface area contributed by atoms with E-state index in [1.807, 2.05) is 0 Å². The van der Waals surface area contributed by atoms with E-state index in [9.17, 15) is 0 Å². The third-order valence-corrected chi connectivity index (χ3v) is 1.04. The van der Waals surface area contributed by atoms with Gasteiger partial charge in [0, 0.05) is 0 Å². The summed E-state index contributed by atoms with van der Waals surface area (Å²) in [6.45, 7) is 0. The Bertz CT molecular complexity index is 85.1. The fourth-order valence-corrected chi connectivity index (χ4v) is 0.645. The molecule has 9 heteroatoms. The summed E-state index contributed by atoms with van der Waals surface area (Å²) in [5.41, 5.74) is 0. The number of fused-ring (bicyclic) bond motifs is 2. The van der Waals surface area contributed by atoms with Gasteiger partial charge in [0.2, 0.25) is 0 Å². The molecule has 0 amide bonds. The second-order valence-corrected chi connectivity index (χ2v) is 1.62. The highest BCUT2D eigenvalue weighted by Crippen LogP contribution is 2.07. The van der Waals surface area contributed by atoms with Crippen LogP contribution in [0.15, 0.2) is 0 Å². The van der Waals surface area contributed by atoms with Crippen molar-refractivity contribution in [3.8, 4) is 0 Å². The molecule has 2 aliphatic rings. The number of hydrogen-bond acceptors (Lipinski definition) is 5. The predicted octanol–water partition coefficient (Wildman–Crippen LogP) is -2.40. The SMILES string of the molecule is B1OB2OBOB(O1)O2. The first kappa shape index (κ1) is 5.82. The molecular formula is H2B4O5. The van der Waals surface area contributed by atoms with E-state index in [0.29, 0.717) is 0 Å². The van der Waals surface area contributed by atoms with Crippen LogP contribution in [0.1, 0.15) is 0 Å². The van der Waals surface area contributed by atoms with Crippen LogP contribution < -0.4 is 0 Å². The van der Waals surface area contributed by atoms with Crippen molar-refractivity contribution in [3.05, 3.63) is 0 Å². The maximum absolute atomic E-state index is 4.83. The van der Waals surface area contributed by atoms with Crippen LogP contribution in [0.4, 0.5) is 0 Å². The summed E-state index contributed by atoms with van der Waals surface area (Å²) >= 11 is 0. The first-order chi connectivity index (χ1) is 4.45. The molecule has 2 aliphatic heterocycles. The van der Waals surface area contributed by atoms with Gasteiger partial charge in [-0.2, -0.15) is 0 Å². The van der Waals surface area contributed by atoms with Crippen LogP contribution in [-0.4, -0.2) is 30.0 Å². The molecule has 2 bridgehead atoms. The van der Waals surface area contributed by atoms with Gasteiger partial charge in [-0.25, -0.2) is 0 Å². The molecule has 0 aromatic carbocycles. The first-order valence-corrected chi connectivity index (χ1v) is 2.57. The van der Waals surface area contributed by atoms with E-state index >= 15 is 0 Å². The van der Waals surface area contributed by atoms with E-state index in [1.54, 1.807) is 0 Å². The molecule has 0 radical (unpaired) electrons. The van der Waals surface area contributed by atoms with Crippen LogP contribution in [0, 0.1) is 0 Å². The lowest BCUT2D eigenvalue weighted by Gasteiger charge is -2.28. The maximum atomic E-state index is 4.83. The van der Waals surface area contributed by atoms with E-state index in [4.69, 9.17) is 22.9 Å². The summed E-state index contributed by atoms with van der Waals surface area (Å²) in [6, 6.07) is 0. The third-order valence-electron chi connectivity index (χ3n) is 1.04. The normalized spacial score (nSPS) is 24.9. The Hall–Kier alpha value is 0.0597. The van der Waals surface area contributed by atoms with Gasteiger partial charge >= 0.3 is 30.0 Å². The van der Waals surface area contributed by atoms with E-state index in [-0.39, 0.29) is 15.4 Å². The fraction of sp³-hybridized carbons (Fsp3) is 0. The van der Waals surface area contributed by atoms with Crippen molar-refractivity contribution in [2.45, 2.75) is 0 Å². The van der Waals surface area contributed by atoms with Gasteiger partial charge in [-0.3, -0.25) is 0 Å². The second-order valence-electron chi connectivity index (χ2n) is 1.62. The molecule has 0 N–H and O–H groups in total. The largest absolute Gasteiger partial charge is 0.599 e. The molecule has 0 aromatic heterocycles. The monoisotopic (exact) mass is 126 g/mol. The molecule has 0 aliphatic carbocycles. The van der Waals surface area contributed by atoms with E-state index in [1.165, 1.54) is 0 Å². The fourth-order valence-electron chi connectivity index (χ4n) is 0.645. The Morgan fingerprint density at radius 2 is 1.22 bits per heavy atom. The summed E-state index contributed by atoms with van der Waals surface area (Å²) in [5.74, 6) is 0. The second kappa shape index (κ2) is 2.36. The average molecular weight is 125 g/mol. The van der Waals surface area contributed by atoms with Crippen LogP contribution in [0.3, 0.4) is 0 Å². The predicted molar refractivity (Wildman–Crippen MR) is 31.2 cm³/mol. The molecular weight excluding hydrogens is 123 g/mol. The number of rotatable bonds is 0. The molecule has 2 saturated heterocycles. The van der Waals surface area contributed by atoms with Crippen LogP contribution in [0.5, 0.6) is 0 Å². The summed E-state index contributed by atoms with van der Waals surface area (Å²) in [5, 5.41) is 0. The zero-order valence-corrected chi connectivity index (χ0v) is 4.61. The lowest BCUT2D eigenvalue weighted by Crippen LogP contribution is -2.52. The smallest absolute Gasteiger partial charge is 0.430 e. The topological polar surface area (TPSA) is 46.2 Å². The summed E-state index contributed by atoms with van der Waals surface area (Å²) < 4.78 is 24.0. The first-order valence-electron chi connectivity index (χ1n) is 2.57. The molecule has 2 heterocycles. The highest BCUT2D eigenvalue weighted by molar-refractivity contribution is 6.69. The highest BCUT2D eigenvalue weighted by Gasteiger charge is 2.41. The molecule has 9 heavy (non-hydrogen) atoms. The molecule has 0 aromatic rings. The summed E-state index contributed by atoms with van der Waals surface area (Å²) in [6.07, 6.45) is 0. The summed E-state index contributed by atoms with van der Waals surface area (Å²) in [7, 11) is -0.875. The molecule has 0 atom stereocenters. The van der Waals surface area contributed by atoms with Gasteiger partial charge in [0.05, 0.1) is 0 Å². The van der Waals surface area contributed by atoms with Crippen molar-refractivity contribution >= 4 is 30.0 Å². The van der Waals surface area contributed by atoms with Crippen LogP contribution in [0.25, 0.3) is 0 Å². The summed E-state index contributed by atoms with van der Waals surface area (Å²) in [4.78, 5) is 0. The van der Waals surface area contributed by atoms with Crippen LogP contribution in [0.2, 0.25) is 0 Å². The minimum Gasteiger partial charge on any atom is -0.430 e. The molecule has 0 spiro atoms. The maximum Gasteiger partial charge on any atom is 0.599 e. The Balaban J connectivity index is 1.96. The van der Waals surface area contributed by atoms with Crippen molar-refractivity contribution in [1.29, 1.82) is 0 Å². The Morgan fingerprint density at radius 3 is 1.56 bits per heavy atom.